The molecule has 4 nitrogen and oxygen atoms in total. The Hall–Kier alpha value is -2.56. The third-order valence-electron chi connectivity index (χ3n) is 4.18. The molecule has 3 rings (SSSR count). The van der Waals surface area contributed by atoms with Crippen molar-refractivity contribution in [2.45, 2.75) is 26.0 Å². The molecule has 1 amide bonds. The summed E-state index contributed by atoms with van der Waals surface area (Å²) >= 11 is 12.1. The van der Waals surface area contributed by atoms with Gasteiger partial charge in [-0.1, -0.05) is 53.5 Å². The van der Waals surface area contributed by atoms with Crippen LogP contribution in [0.25, 0.3) is 0 Å². The molecule has 1 heterocycles. The Morgan fingerprint density at radius 1 is 1.00 bits per heavy atom. The SMILES string of the molecule is O=C(CCc1cccc(Cl)c1Cl)NCc1ccc(OCc2ccccn2)cc1. The first-order valence-corrected chi connectivity index (χ1v) is 9.68. The lowest BCUT2D eigenvalue weighted by Gasteiger charge is -2.09. The Kier molecular flexibility index (Phi) is 7.29. The Morgan fingerprint density at radius 2 is 1.82 bits per heavy atom. The summed E-state index contributed by atoms with van der Waals surface area (Å²) in [6, 6.07) is 18.8. The van der Waals surface area contributed by atoms with Gasteiger partial charge >= 0.3 is 0 Å². The molecule has 2 aromatic carbocycles. The smallest absolute Gasteiger partial charge is 0.220 e. The van der Waals surface area contributed by atoms with Crippen molar-refractivity contribution in [3.05, 3.63) is 93.7 Å². The van der Waals surface area contributed by atoms with Crippen LogP contribution in [0.1, 0.15) is 23.2 Å². The zero-order valence-electron chi connectivity index (χ0n) is 15.2. The molecule has 0 radical (unpaired) electrons. The largest absolute Gasteiger partial charge is 0.487 e. The van der Waals surface area contributed by atoms with Gasteiger partial charge in [-0.05, 0) is 47.9 Å². The van der Waals surface area contributed by atoms with Crippen molar-refractivity contribution in [1.29, 1.82) is 0 Å². The lowest BCUT2D eigenvalue weighted by atomic mass is 10.1. The summed E-state index contributed by atoms with van der Waals surface area (Å²) in [5, 5.41) is 3.93. The van der Waals surface area contributed by atoms with E-state index in [1.807, 2.05) is 54.6 Å². The number of nitrogens with zero attached hydrogens (tertiary/aromatic N) is 1. The monoisotopic (exact) mass is 414 g/mol. The molecule has 0 bridgehead atoms. The van der Waals surface area contributed by atoms with Crippen LogP contribution in [0.4, 0.5) is 0 Å². The molecular formula is C22H20Cl2N2O2. The van der Waals surface area contributed by atoms with Gasteiger partial charge < -0.3 is 10.1 Å². The zero-order valence-corrected chi connectivity index (χ0v) is 16.7. The van der Waals surface area contributed by atoms with Gasteiger partial charge in [0.05, 0.1) is 15.7 Å². The molecule has 1 N–H and O–H groups in total. The van der Waals surface area contributed by atoms with Crippen LogP contribution >= 0.6 is 23.2 Å². The van der Waals surface area contributed by atoms with E-state index in [1.54, 1.807) is 12.3 Å². The second kappa shape index (κ2) is 10.1. The second-order valence-corrected chi connectivity index (χ2v) is 7.03. The summed E-state index contributed by atoms with van der Waals surface area (Å²) in [5.74, 6) is 0.725. The van der Waals surface area contributed by atoms with Crippen LogP contribution in [-0.4, -0.2) is 10.9 Å². The van der Waals surface area contributed by atoms with Gasteiger partial charge in [-0.25, -0.2) is 0 Å². The van der Waals surface area contributed by atoms with Crippen molar-refractivity contribution in [2.75, 3.05) is 0 Å². The number of pyridine rings is 1. The molecule has 0 aliphatic heterocycles. The number of amides is 1. The minimum absolute atomic E-state index is 0.0356. The van der Waals surface area contributed by atoms with Gasteiger partial charge in [0, 0.05) is 19.2 Å². The maximum absolute atomic E-state index is 12.1. The van der Waals surface area contributed by atoms with Crippen LogP contribution in [0, 0.1) is 0 Å². The summed E-state index contributed by atoms with van der Waals surface area (Å²) < 4.78 is 5.71. The Balaban J connectivity index is 1.42. The summed E-state index contributed by atoms with van der Waals surface area (Å²) in [7, 11) is 0. The zero-order chi connectivity index (χ0) is 19.8. The van der Waals surface area contributed by atoms with Gasteiger partial charge in [0.25, 0.3) is 0 Å². The summed E-state index contributed by atoms with van der Waals surface area (Å²) in [6.45, 7) is 0.881. The molecule has 0 saturated carbocycles. The highest BCUT2D eigenvalue weighted by Gasteiger charge is 2.07. The second-order valence-electron chi connectivity index (χ2n) is 6.24. The van der Waals surface area contributed by atoms with E-state index >= 15 is 0 Å². The Morgan fingerprint density at radius 3 is 2.57 bits per heavy atom. The van der Waals surface area contributed by atoms with E-state index < -0.39 is 0 Å². The van der Waals surface area contributed by atoms with Gasteiger partial charge in [0.1, 0.15) is 12.4 Å². The third kappa shape index (κ3) is 5.98. The van der Waals surface area contributed by atoms with E-state index in [1.165, 1.54) is 0 Å². The molecule has 144 valence electrons. The highest BCUT2D eigenvalue weighted by Crippen LogP contribution is 2.26. The first kappa shape index (κ1) is 20.2. The Labute approximate surface area is 174 Å². The first-order valence-electron chi connectivity index (χ1n) is 8.93. The minimum Gasteiger partial charge on any atom is -0.487 e. The summed E-state index contributed by atoms with van der Waals surface area (Å²) in [6.07, 6.45) is 2.64. The molecule has 0 fully saturated rings. The number of carbonyl (C=O) groups is 1. The van der Waals surface area contributed by atoms with Crippen molar-refractivity contribution in [3.63, 3.8) is 0 Å². The molecule has 1 aromatic heterocycles. The van der Waals surface area contributed by atoms with E-state index in [0.29, 0.717) is 36.0 Å². The number of ether oxygens (including phenoxy) is 1. The topological polar surface area (TPSA) is 51.2 Å². The summed E-state index contributed by atoms with van der Waals surface area (Å²) in [4.78, 5) is 16.3. The van der Waals surface area contributed by atoms with Crippen molar-refractivity contribution in [1.82, 2.24) is 10.3 Å². The lowest BCUT2D eigenvalue weighted by Crippen LogP contribution is -2.23. The molecule has 0 unspecified atom stereocenters. The molecular weight excluding hydrogens is 395 g/mol. The van der Waals surface area contributed by atoms with Crippen molar-refractivity contribution in [2.24, 2.45) is 0 Å². The van der Waals surface area contributed by atoms with E-state index in [2.05, 4.69) is 10.3 Å². The van der Waals surface area contributed by atoms with Gasteiger partial charge in [0.15, 0.2) is 0 Å². The van der Waals surface area contributed by atoms with Crippen LogP contribution in [0.3, 0.4) is 0 Å². The number of rotatable bonds is 8. The highest BCUT2D eigenvalue weighted by atomic mass is 35.5. The van der Waals surface area contributed by atoms with Crippen LogP contribution in [0.2, 0.25) is 10.0 Å². The average Bonchev–Trinajstić information content (AvgIpc) is 2.73. The average molecular weight is 415 g/mol. The maximum atomic E-state index is 12.1. The molecule has 28 heavy (non-hydrogen) atoms. The van der Waals surface area contributed by atoms with E-state index in [0.717, 1.165) is 22.6 Å². The quantitative estimate of drug-likeness (QED) is 0.549. The Bertz CT molecular complexity index is 916. The van der Waals surface area contributed by atoms with Gasteiger partial charge in [-0.3, -0.25) is 9.78 Å². The number of hydrogen-bond donors (Lipinski definition) is 1. The number of nitrogens with one attached hydrogen (secondary N) is 1. The molecule has 6 heteroatoms. The number of aryl methyl sites for hydroxylation is 1. The number of hydrogen-bond acceptors (Lipinski definition) is 3. The van der Waals surface area contributed by atoms with Gasteiger partial charge in [-0.15, -0.1) is 0 Å². The van der Waals surface area contributed by atoms with E-state index in [-0.39, 0.29) is 5.91 Å². The van der Waals surface area contributed by atoms with Crippen LogP contribution < -0.4 is 10.1 Å². The number of benzene rings is 2. The van der Waals surface area contributed by atoms with E-state index in [9.17, 15) is 4.79 Å². The predicted octanol–water partition coefficient (Wildman–Crippen LogP) is 5.22. The lowest BCUT2D eigenvalue weighted by molar-refractivity contribution is -0.121. The van der Waals surface area contributed by atoms with Crippen LogP contribution in [0.5, 0.6) is 5.75 Å². The van der Waals surface area contributed by atoms with Crippen molar-refractivity contribution in [3.8, 4) is 5.75 Å². The minimum atomic E-state index is -0.0356. The van der Waals surface area contributed by atoms with Crippen molar-refractivity contribution >= 4 is 29.1 Å². The molecule has 0 aliphatic rings. The molecule has 0 spiro atoms. The highest BCUT2D eigenvalue weighted by molar-refractivity contribution is 6.42. The number of carbonyl (C=O) groups excluding carboxylic acids is 1. The summed E-state index contributed by atoms with van der Waals surface area (Å²) in [5.41, 5.74) is 2.75. The van der Waals surface area contributed by atoms with E-state index in [4.69, 9.17) is 27.9 Å². The number of aromatic nitrogens is 1. The van der Waals surface area contributed by atoms with Crippen LogP contribution in [-0.2, 0) is 24.4 Å². The fourth-order valence-electron chi connectivity index (χ4n) is 2.62. The van der Waals surface area contributed by atoms with Gasteiger partial charge in [0.2, 0.25) is 5.91 Å². The molecule has 0 saturated heterocycles. The standard InChI is InChI=1S/C22H20Cl2N2O2/c23-20-6-3-4-17(22(20)24)9-12-21(27)26-14-16-7-10-19(11-8-16)28-15-18-5-1-2-13-25-18/h1-8,10-11,13H,9,12,14-15H2,(H,26,27). The molecule has 0 aliphatic carbocycles. The number of halogens is 2. The third-order valence-corrected chi connectivity index (χ3v) is 5.04. The van der Waals surface area contributed by atoms with Gasteiger partial charge in [-0.2, -0.15) is 0 Å². The van der Waals surface area contributed by atoms with Crippen LogP contribution in [0.15, 0.2) is 66.9 Å². The van der Waals surface area contributed by atoms with Crippen molar-refractivity contribution < 1.29 is 9.53 Å². The normalized spacial score (nSPS) is 10.5. The fourth-order valence-corrected chi connectivity index (χ4v) is 3.04. The maximum Gasteiger partial charge on any atom is 0.220 e. The molecule has 0 atom stereocenters. The fraction of sp³-hybridized carbons (Fsp3) is 0.182. The molecule has 3 aromatic rings. The first-order chi connectivity index (χ1) is 13.6. The predicted molar refractivity (Wildman–Crippen MR) is 112 cm³/mol.